The third-order valence-corrected chi connectivity index (χ3v) is 7.46. The van der Waals surface area contributed by atoms with Crippen LogP contribution in [-0.2, 0) is 11.3 Å². The van der Waals surface area contributed by atoms with Gasteiger partial charge in [0.25, 0.3) is 0 Å². The van der Waals surface area contributed by atoms with Crippen molar-refractivity contribution in [3.8, 4) is 5.69 Å². The van der Waals surface area contributed by atoms with Gasteiger partial charge in [-0.2, -0.15) is 0 Å². The van der Waals surface area contributed by atoms with Gasteiger partial charge in [-0.15, -0.1) is 16.4 Å². The van der Waals surface area contributed by atoms with Crippen molar-refractivity contribution >= 4 is 44.2 Å². The van der Waals surface area contributed by atoms with Gasteiger partial charge in [-0.3, -0.25) is 4.79 Å². The minimum atomic E-state index is -0.281. The van der Waals surface area contributed by atoms with Crippen molar-refractivity contribution in [2.75, 3.05) is 18.0 Å². The molecule has 3 aromatic heterocycles. The number of aryl methyl sites for hydroxylation is 1. The number of aromatic nitrogens is 4. The second kappa shape index (κ2) is 8.74. The van der Waals surface area contributed by atoms with Crippen LogP contribution in [0.1, 0.15) is 17.5 Å². The molecule has 4 heterocycles. The first-order valence-electron chi connectivity index (χ1n) is 11.5. The molecule has 0 saturated carbocycles. The van der Waals surface area contributed by atoms with E-state index in [-0.39, 0.29) is 17.6 Å². The monoisotopic (exact) mass is 486 g/mol. The van der Waals surface area contributed by atoms with Crippen molar-refractivity contribution < 1.29 is 9.18 Å². The van der Waals surface area contributed by atoms with Crippen LogP contribution in [0.3, 0.4) is 0 Å². The first-order valence-corrected chi connectivity index (χ1v) is 12.4. The molecule has 1 fully saturated rings. The highest BCUT2D eigenvalue weighted by Gasteiger charge is 2.30. The van der Waals surface area contributed by atoms with Gasteiger partial charge in [-0.1, -0.05) is 12.1 Å². The SMILES string of the molecule is Cc1ccc(-n2cc3c(N4CC[C@@H](C(=O)NCc5ccc6sccc6c5)C4)ncnc3n2)cc1F. The van der Waals surface area contributed by atoms with Crippen LogP contribution >= 0.6 is 11.3 Å². The number of nitrogens with one attached hydrogen (secondary N) is 1. The third kappa shape index (κ3) is 4.12. The summed E-state index contributed by atoms with van der Waals surface area (Å²) in [5.74, 6) is 0.393. The zero-order valence-corrected chi connectivity index (χ0v) is 19.9. The van der Waals surface area contributed by atoms with Crippen molar-refractivity contribution in [1.29, 1.82) is 0 Å². The Morgan fingerprint density at radius 1 is 1.20 bits per heavy atom. The number of benzene rings is 2. The van der Waals surface area contributed by atoms with Crippen LogP contribution < -0.4 is 10.2 Å². The van der Waals surface area contributed by atoms with Gasteiger partial charge in [-0.25, -0.2) is 19.0 Å². The van der Waals surface area contributed by atoms with Crippen LogP contribution in [0.5, 0.6) is 0 Å². The molecular formula is C26H23FN6OS. The molecule has 6 rings (SSSR count). The molecule has 1 N–H and O–H groups in total. The van der Waals surface area contributed by atoms with Gasteiger partial charge in [0.05, 0.1) is 17.0 Å². The Morgan fingerprint density at radius 2 is 2.11 bits per heavy atom. The number of halogens is 1. The minimum absolute atomic E-state index is 0.0500. The summed E-state index contributed by atoms with van der Waals surface area (Å²) in [5.41, 5.74) is 2.83. The average Bonchev–Trinajstić information content (AvgIpc) is 3.62. The van der Waals surface area contributed by atoms with Crippen molar-refractivity contribution in [3.05, 3.63) is 77.3 Å². The second-order valence-corrected chi connectivity index (χ2v) is 9.83. The Morgan fingerprint density at radius 3 is 3.00 bits per heavy atom. The van der Waals surface area contributed by atoms with Crippen LogP contribution in [0, 0.1) is 18.7 Å². The molecule has 176 valence electrons. The van der Waals surface area contributed by atoms with E-state index in [2.05, 4.69) is 54.9 Å². The van der Waals surface area contributed by atoms with Crippen LogP contribution in [0.4, 0.5) is 10.2 Å². The summed E-state index contributed by atoms with van der Waals surface area (Å²) in [7, 11) is 0. The van der Waals surface area contributed by atoms with E-state index in [0.29, 0.717) is 30.0 Å². The summed E-state index contributed by atoms with van der Waals surface area (Å²) in [6.07, 6.45) is 4.06. The van der Waals surface area contributed by atoms with Gasteiger partial charge >= 0.3 is 0 Å². The fourth-order valence-corrected chi connectivity index (χ4v) is 5.33. The van der Waals surface area contributed by atoms with Gasteiger partial charge in [0, 0.05) is 30.5 Å². The second-order valence-electron chi connectivity index (χ2n) is 8.88. The summed E-state index contributed by atoms with van der Waals surface area (Å²) in [5, 5.41) is 11.7. The third-order valence-electron chi connectivity index (χ3n) is 6.56. The predicted octanol–water partition coefficient (Wildman–Crippen LogP) is 4.62. The van der Waals surface area contributed by atoms with Gasteiger partial charge in [0.1, 0.15) is 18.0 Å². The molecule has 0 aliphatic carbocycles. The normalized spacial score (nSPS) is 15.8. The summed E-state index contributed by atoms with van der Waals surface area (Å²) in [6, 6.07) is 13.4. The van der Waals surface area contributed by atoms with Crippen LogP contribution in [0.2, 0.25) is 0 Å². The summed E-state index contributed by atoms with van der Waals surface area (Å²) in [4.78, 5) is 23.8. The van der Waals surface area contributed by atoms with Gasteiger partial charge in [0.15, 0.2) is 5.65 Å². The Hall–Kier alpha value is -3.85. The number of carbonyl (C=O) groups is 1. The number of fused-ring (bicyclic) bond motifs is 2. The molecule has 2 aromatic carbocycles. The molecular weight excluding hydrogens is 463 g/mol. The molecule has 0 spiro atoms. The zero-order chi connectivity index (χ0) is 23.9. The molecule has 7 nitrogen and oxygen atoms in total. The Labute approximate surface area is 205 Å². The summed E-state index contributed by atoms with van der Waals surface area (Å²) >= 11 is 1.72. The van der Waals surface area contributed by atoms with E-state index < -0.39 is 0 Å². The summed E-state index contributed by atoms with van der Waals surface area (Å²) < 4.78 is 16.9. The van der Waals surface area contributed by atoms with Crippen LogP contribution in [0.25, 0.3) is 26.8 Å². The molecule has 5 aromatic rings. The Balaban J connectivity index is 1.17. The van der Waals surface area contributed by atoms with E-state index in [4.69, 9.17) is 0 Å². The Bertz CT molecular complexity index is 1560. The van der Waals surface area contributed by atoms with Crippen molar-refractivity contribution in [1.82, 2.24) is 25.1 Å². The highest BCUT2D eigenvalue weighted by atomic mass is 32.1. The predicted molar refractivity (Wildman–Crippen MR) is 135 cm³/mol. The van der Waals surface area contributed by atoms with E-state index in [9.17, 15) is 9.18 Å². The fraction of sp³-hybridized carbons (Fsp3) is 0.231. The van der Waals surface area contributed by atoms with Crippen molar-refractivity contribution in [2.45, 2.75) is 19.9 Å². The van der Waals surface area contributed by atoms with E-state index in [0.717, 1.165) is 29.7 Å². The largest absolute Gasteiger partial charge is 0.355 e. The molecule has 0 bridgehead atoms. The van der Waals surface area contributed by atoms with Crippen molar-refractivity contribution in [2.24, 2.45) is 5.92 Å². The van der Waals surface area contributed by atoms with Crippen molar-refractivity contribution in [3.63, 3.8) is 0 Å². The quantitative estimate of drug-likeness (QED) is 0.392. The molecule has 0 unspecified atom stereocenters. The number of thiophene rings is 1. The van der Waals surface area contributed by atoms with E-state index >= 15 is 0 Å². The number of hydrogen-bond donors (Lipinski definition) is 1. The molecule has 35 heavy (non-hydrogen) atoms. The maximum Gasteiger partial charge on any atom is 0.225 e. The van der Waals surface area contributed by atoms with Gasteiger partial charge in [-0.05, 0) is 65.6 Å². The molecule has 1 saturated heterocycles. The standard InChI is InChI=1S/C26H23FN6OS/c1-16-2-4-20(11-22(16)27)33-14-21-24(31-33)29-15-30-25(21)32-8-6-19(13-32)26(34)28-12-17-3-5-23-18(10-17)7-9-35-23/h2-5,7,9-11,14-15,19H,6,8,12-13H2,1H3,(H,28,34)/t19-/m1/s1. The lowest BCUT2D eigenvalue weighted by atomic mass is 10.1. The smallest absolute Gasteiger partial charge is 0.225 e. The molecule has 9 heteroatoms. The topological polar surface area (TPSA) is 75.9 Å². The fourth-order valence-electron chi connectivity index (χ4n) is 4.56. The molecule has 1 amide bonds. The average molecular weight is 487 g/mol. The van der Waals surface area contributed by atoms with Crippen LogP contribution in [0.15, 0.2) is 60.4 Å². The van der Waals surface area contributed by atoms with E-state index in [1.165, 1.54) is 22.5 Å². The number of carbonyl (C=O) groups excluding carboxylic acids is 1. The molecule has 0 radical (unpaired) electrons. The maximum absolute atomic E-state index is 14.1. The summed E-state index contributed by atoms with van der Waals surface area (Å²) in [6.45, 7) is 3.53. The molecule has 1 aliphatic rings. The zero-order valence-electron chi connectivity index (χ0n) is 19.1. The maximum atomic E-state index is 14.1. The van der Waals surface area contributed by atoms with Gasteiger partial charge in [0.2, 0.25) is 5.91 Å². The highest BCUT2D eigenvalue weighted by Crippen LogP contribution is 2.29. The lowest BCUT2D eigenvalue weighted by Gasteiger charge is -2.17. The minimum Gasteiger partial charge on any atom is -0.355 e. The lowest BCUT2D eigenvalue weighted by Crippen LogP contribution is -2.32. The number of anilines is 1. The van der Waals surface area contributed by atoms with Gasteiger partial charge < -0.3 is 10.2 Å². The highest BCUT2D eigenvalue weighted by molar-refractivity contribution is 7.17. The molecule has 1 atom stereocenters. The van der Waals surface area contributed by atoms with E-state index in [1.807, 2.05) is 12.3 Å². The Kier molecular flexibility index (Phi) is 5.41. The first kappa shape index (κ1) is 21.7. The molecule has 1 aliphatic heterocycles. The lowest BCUT2D eigenvalue weighted by molar-refractivity contribution is -0.124. The van der Waals surface area contributed by atoms with Crippen LogP contribution in [-0.4, -0.2) is 38.7 Å². The number of rotatable bonds is 5. The first-order chi connectivity index (χ1) is 17.0. The number of hydrogen-bond acceptors (Lipinski definition) is 6. The number of amides is 1. The number of nitrogens with zero attached hydrogens (tertiary/aromatic N) is 5. The van der Waals surface area contributed by atoms with E-state index in [1.54, 1.807) is 29.0 Å².